The van der Waals surface area contributed by atoms with E-state index < -0.39 is 17.5 Å². The van der Waals surface area contributed by atoms with Crippen LogP contribution < -0.4 is 15.5 Å². The summed E-state index contributed by atoms with van der Waals surface area (Å²) >= 11 is 0. The lowest BCUT2D eigenvalue weighted by atomic mass is 9.77. The van der Waals surface area contributed by atoms with Crippen molar-refractivity contribution in [2.45, 2.75) is 44.7 Å². The third-order valence-electron chi connectivity index (χ3n) is 6.50. The molecule has 2 aromatic carbocycles. The molecule has 2 aromatic rings. The Hall–Kier alpha value is -3.13. The van der Waals surface area contributed by atoms with Crippen molar-refractivity contribution in [1.82, 2.24) is 20.7 Å². The van der Waals surface area contributed by atoms with Crippen molar-refractivity contribution in [3.8, 4) is 5.75 Å². The number of rotatable bonds is 6. The molecule has 0 unspecified atom stereocenters. The van der Waals surface area contributed by atoms with Gasteiger partial charge in [-0.2, -0.15) is 5.01 Å². The summed E-state index contributed by atoms with van der Waals surface area (Å²) in [6.45, 7) is 2.76. The molecule has 0 bridgehead atoms. The Bertz CT molecular complexity index is 1050. The number of carbonyl (C=O) groups excluding carboxylic acids is 3. The van der Waals surface area contributed by atoms with Crippen LogP contribution in [0, 0.1) is 5.92 Å². The highest BCUT2D eigenvalue weighted by Crippen LogP contribution is 2.35. The summed E-state index contributed by atoms with van der Waals surface area (Å²) in [5, 5.41) is 5.84. The average Bonchev–Trinajstić information content (AvgIpc) is 2.99. The van der Waals surface area contributed by atoms with Crippen molar-refractivity contribution < 1.29 is 19.1 Å². The van der Waals surface area contributed by atoms with Crippen molar-refractivity contribution >= 4 is 28.6 Å². The van der Waals surface area contributed by atoms with E-state index in [2.05, 4.69) is 23.7 Å². The fourth-order valence-corrected chi connectivity index (χ4v) is 4.59. The molecule has 1 spiro atoms. The van der Waals surface area contributed by atoms with E-state index in [1.807, 2.05) is 42.3 Å². The number of hydrazine groups is 1. The first kappa shape index (κ1) is 22.1. The number of nitrogens with one attached hydrogen (secondary N) is 2. The van der Waals surface area contributed by atoms with Gasteiger partial charge in [0, 0.05) is 6.54 Å². The van der Waals surface area contributed by atoms with Crippen LogP contribution >= 0.6 is 0 Å². The van der Waals surface area contributed by atoms with Crippen LogP contribution in [0.25, 0.3) is 10.8 Å². The Kier molecular flexibility index (Phi) is 6.06. The third-order valence-corrected chi connectivity index (χ3v) is 6.50. The maximum Gasteiger partial charge on any atom is 0.344 e. The van der Waals surface area contributed by atoms with Crippen LogP contribution in [-0.2, 0) is 16.1 Å². The van der Waals surface area contributed by atoms with Gasteiger partial charge in [-0.15, -0.1) is 0 Å². The Labute approximate surface area is 187 Å². The van der Waals surface area contributed by atoms with Gasteiger partial charge in [-0.1, -0.05) is 25.1 Å². The Morgan fingerprint density at radius 3 is 2.59 bits per heavy atom. The molecular weight excluding hydrogens is 408 g/mol. The summed E-state index contributed by atoms with van der Waals surface area (Å²) < 4.78 is 5.26. The van der Waals surface area contributed by atoms with Crippen LogP contribution in [0.5, 0.6) is 5.75 Å². The predicted molar refractivity (Wildman–Crippen MR) is 121 cm³/mol. The second-order valence-electron chi connectivity index (χ2n) is 9.09. The summed E-state index contributed by atoms with van der Waals surface area (Å²) in [6, 6.07) is 11.5. The van der Waals surface area contributed by atoms with E-state index >= 15 is 0 Å². The van der Waals surface area contributed by atoms with Gasteiger partial charge >= 0.3 is 6.03 Å². The maximum atomic E-state index is 12.9. The normalized spacial score (nSPS) is 23.1. The highest BCUT2D eigenvalue weighted by Gasteiger charge is 2.52. The number of benzene rings is 2. The maximum absolute atomic E-state index is 12.9. The van der Waals surface area contributed by atoms with Gasteiger partial charge in [0.1, 0.15) is 11.3 Å². The minimum atomic E-state index is -0.865. The number of carbonyl (C=O) groups is 3. The van der Waals surface area contributed by atoms with E-state index in [0.29, 0.717) is 25.3 Å². The summed E-state index contributed by atoms with van der Waals surface area (Å²) in [5.74, 6) is 0.599. The number of imide groups is 1. The largest absolute Gasteiger partial charge is 0.497 e. The highest BCUT2D eigenvalue weighted by atomic mass is 16.5. The number of amides is 4. The number of likely N-dealkylation sites (N-methyl/N-ethyl adjacent to an activating group) is 1. The van der Waals surface area contributed by atoms with E-state index in [1.165, 1.54) is 0 Å². The molecule has 2 aliphatic rings. The number of fused-ring (bicyclic) bond motifs is 1. The number of hydrogen-bond acceptors (Lipinski definition) is 5. The lowest BCUT2D eigenvalue weighted by Crippen LogP contribution is -2.52. The molecule has 2 fully saturated rings. The molecule has 1 aliphatic carbocycles. The molecule has 8 nitrogen and oxygen atoms in total. The molecule has 0 radical (unpaired) electrons. The van der Waals surface area contributed by atoms with E-state index in [-0.39, 0.29) is 12.5 Å². The Morgan fingerprint density at radius 1 is 1.19 bits per heavy atom. The van der Waals surface area contributed by atoms with Gasteiger partial charge < -0.3 is 10.1 Å². The molecule has 8 heteroatoms. The molecule has 1 saturated heterocycles. The van der Waals surface area contributed by atoms with E-state index in [9.17, 15) is 14.4 Å². The smallest absolute Gasteiger partial charge is 0.344 e. The number of methoxy groups -OCH3 is 1. The van der Waals surface area contributed by atoms with Crippen molar-refractivity contribution in [1.29, 1.82) is 0 Å². The number of urea groups is 1. The first-order valence-corrected chi connectivity index (χ1v) is 11.0. The number of nitrogens with zero attached hydrogens (tertiary/aromatic N) is 2. The minimum Gasteiger partial charge on any atom is -0.497 e. The summed E-state index contributed by atoms with van der Waals surface area (Å²) in [6.07, 6.45) is 2.99. The molecule has 1 saturated carbocycles. The summed E-state index contributed by atoms with van der Waals surface area (Å²) in [7, 11) is 3.47. The lowest BCUT2D eigenvalue weighted by molar-refractivity contribution is -0.140. The fourth-order valence-electron chi connectivity index (χ4n) is 4.59. The first-order chi connectivity index (χ1) is 15.3. The van der Waals surface area contributed by atoms with Gasteiger partial charge in [0.05, 0.1) is 13.7 Å². The topological polar surface area (TPSA) is 91.0 Å². The third kappa shape index (κ3) is 4.41. The van der Waals surface area contributed by atoms with Crippen LogP contribution in [0.1, 0.15) is 38.2 Å². The zero-order valence-corrected chi connectivity index (χ0v) is 18.8. The van der Waals surface area contributed by atoms with Crippen LogP contribution in [-0.4, -0.2) is 54.0 Å². The summed E-state index contributed by atoms with van der Waals surface area (Å²) in [5.41, 5.74) is 2.69. The minimum absolute atomic E-state index is 0.0573. The molecular formula is C24H30N4O4. The van der Waals surface area contributed by atoms with Gasteiger partial charge in [-0.3, -0.25) is 19.9 Å². The van der Waals surface area contributed by atoms with Crippen molar-refractivity contribution in [3.05, 3.63) is 42.0 Å². The Morgan fingerprint density at radius 2 is 1.88 bits per heavy atom. The SMILES string of the molecule is COc1ccc2cc(CN(C)CC(=O)NN3C(=O)NC4(CCC(C)CC4)C3=O)ccc2c1. The molecule has 2 N–H and O–H groups in total. The van der Waals surface area contributed by atoms with Crippen LogP contribution in [0.15, 0.2) is 36.4 Å². The van der Waals surface area contributed by atoms with Crippen LogP contribution in [0.4, 0.5) is 4.79 Å². The number of ether oxygens (including phenoxy) is 1. The predicted octanol–water partition coefficient (Wildman–Crippen LogP) is 2.81. The van der Waals surface area contributed by atoms with Crippen LogP contribution in [0.2, 0.25) is 0 Å². The van der Waals surface area contributed by atoms with Gasteiger partial charge in [0.15, 0.2) is 0 Å². The van der Waals surface area contributed by atoms with Crippen LogP contribution in [0.3, 0.4) is 0 Å². The lowest BCUT2D eigenvalue weighted by Gasteiger charge is -2.33. The quantitative estimate of drug-likeness (QED) is 0.677. The second-order valence-corrected chi connectivity index (χ2v) is 9.09. The molecule has 170 valence electrons. The summed E-state index contributed by atoms with van der Waals surface area (Å²) in [4.78, 5) is 39.7. The molecule has 4 amide bonds. The molecule has 0 aromatic heterocycles. The molecule has 0 atom stereocenters. The molecule has 1 heterocycles. The van der Waals surface area contributed by atoms with Crippen molar-refractivity contribution in [2.24, 2.45) is 5.92 Å². The van der Waals surface area contributed by atoms with Gasteiger partial charge in [0.25, 0.3) is 11.8 Å². The zero-order valence-electron chi connectivity index (χ0n) is 18.8. The average molecular weight is 439 g/mol. The van der Waals surface area contributed by atoms with E-state index in [1.54, 1.807) is 7.11 Å². The van der Waals surface area contributed by atoms with Crippen molar-refractivity contribution in [2.75, 3.05) is 20.7 Å². The molecule has 1 aliphatic heterocycles. The molecule has 32 heavy (non-hydrogen) atoms. The Balaban J connectivity index is 1.34. The zero-order chi connectivity index (χ0) is 22.9. The van der Waals surface area contributed by atoms with Gasteiger partial charge in [-0.05, 0) is 73.2 Å². The van der Waals surface area contributed by atoms with Gasteiger partial charge in [0.2, 0.25) is 0 Å². The van der Waals surface area contributed by atoms with E-state index in [0.717, 1.165) is 39.9 Å². The van der Waals surface area contributed by atoms with Crippen molar-refractivity contribution in [3.63, 3.8) is 0 Å². The number of hydrogen-bond donors (Lipinski definition) is 2. The highest BCUT2D eigenvalue weighted by molar-refractivity contribution is 6.08. The molecule has 4 rings (SSSR count). The fraction of sp³-hybridized carbons (Fsp3) is 0.458. The monoisotopic (exact) mass is 438 g/mol. The van der Waals surface area contributed by atoms with E-state index in [4.69, 9.17) is 4.74 Å². The first-order valence-electron chi connectivity index (χ1n) is 11.0. The second kappa shape index (κ2) is 8.78. The standard InChI is InChI=1S/C24H30N4O4/c1-16-8-10-24(11-9-16)22(30)28(23(31)25-24)26-21(29)15-27(2)14-17-4-5-19-13-20(32-3)7-6-18(19)12-17/h4-7,12-13,16H,8-11,14-15H2,1-3H3,(H,25,31)(H,26,29). The van der Waals surface area contributed by atoms with Gasteiger partial charge in [-0.25, -0.2) is 4.79 Å².